The van der Waals surface area contributed by atoms with Crippen LogP contribution in [0.2, 0.25) is 0 Å². The Morgan fingerprint density at radius 2 is 1.92 bits per heavy atom. The molecule has 0 fully saturated rings. The highest BCUT2D eigenvalue weighted by Crippen LogP contribution is 2.27. The van der Waals surface area contributed by atoms with Gasteiger partial charge in [-0.3, -0.25) is 4.79 Å². The van der Waals surface area contributed by atoms with Crippen molar-refractivity contribution in [1.82, 2.24) is 14.7 Å². The third-order valence-electron chi connectivity index (χ3n) is 4.14. The van der Waals surface area contributed by atoms with E-state index in [1.54, 1.807) is 19.1 Å². The largest absolute Gasteiger partial charge is 0.351 e. The Morgan fingerprint density at radius 3 is 2.58 bits per heavy atom. The van der Waals surface area contributed by atoms with E-state index in [-0.39, 0.29) is 23.7 Å². The highest BCUT2D eigenvalue weighted by Gasteiger charge is 2.20. The first-order chi connectivity index (χ1) is 12.1. The molecule has 26 heavy (non-hydrogen) atoms. The standard InChI is InChI=1S/C21H24FN3O/c1-13-6-9-18-23-20(15-7-8-16(22)14(2)10-15)17(25(18)12-13)11-19(26)24-21(3,4)5/h6-10,12H,11H2,1-5H3,(H,24,26). The molecule has 1 amide bonds. The van der Waals surface area contributed by atoms with Crippen molar-refractivity contribution in [1.29, 1.82) is 0 Å². The fourth-order valence-corrected chi connectivity index (χ4v) is 3.01. The zero-order valence-electron chi connectivity index (χ0n) is 15.9. The molecule has 0 atom stereocenters. The Labute approximate surface area is 153 Å². The van der Waals surface area contributed by atoms with Crippen LogP contribution in [-0.2, 0) is 11.2 Å². The van der Waals surface area contributed by atoms with E-state index < -0.39 is 0 Å². The number of carbonyl (C=O) groups is 1. The van der Waals surface area contributed by atoms with Crippen LogP contribution in [0, 0.1) is 19.7 Å². The van der Waals surface area contributed by atoms with Crippen molar-refractivity contribution in [3.63, 3.8) is 0 Å². The molecule has 0 unspecified atom stereocenters. The van der Waals surface area contributed by atoms with E-state index in [2.05, 4.69) is 5.32 Å². The summed E-state index contributed by atoms with van der Waals surface area (Å²) in [5.74, 6) is -0.318. The number of hydrogen-bond donors (Lipinski definition) is 1. The zero-order valence-corrected chi connectivity index (χ0v) is 15.9. The van der Waals surface area contributed by atoms with Gasteiger partial charge in [-0.25, -0.2) is 9.37 Å². The number of amides is 1. The SMILES string of the molecule is Cc1ccc2nc(-c3ccc(F)c(C)c3)c(CC(=O)NC(C)(C)C)n2c1. The molecule has 3 rings (SSSR count). The lowest BCUT2D eigenvalue weighted by Crippen LogP contribution is -2.41. The van der Waals surface area contributed by atoms with Gasteiger partial charge in [0.25, 0.3) is 0 Å². The first-order valence-electron chi connectivity index (χ1n) is 8.69. The third kappa shape index (κ3) is 3.77. The van der Waals surface area contributed by atoms with Crippen molar-refractivity contribution in [3.05, 3.63) is 59.2 Å². The number of hydrogen-bond acceptors (Lipinski definition) is 2. The van der Waals surface area contributed by atoms with Crippen molar-refractivity contribution in [2.45, 2.75) is 46.6 Å². The summed E-state index contributed by atoms with van der Waals surface area (Å²) in [6.07, 6.45) is 2.18. The molecule has 136 valence electrons. The van der Waals surface area contributed by atoms with E-state index in [1.807, 2.05) is 50.4 Å². The second kappa shape index (κ2) is 6.56. The summed E-state index contributed by atoms with van der Waals surface area (Å²) in [5.41, 5.74) is 4.42. The van der Waals surface area contributed by atoms with E-state index in [0.717, 1.165) is 22.5 Å². The summed E-state index contributed by atoms with van der Waals surface area (Å²) in [4.78, 5) is 17.3. The summed E-state index contributed by atoms with van der Waals surface area (Å²) in [6.45, 7) is 9.58. The molecule has 5 heteroatoms. The Bertz CT molecular complexity index is 983. The van der Waals surface area contributed by atoms with Crippen molar-refractivity contribution in [3.8, 4) is 11.3 Å². The summed E-state index contributed by atoms with van der Waals surface area (Å²) in [6, 6.07) is 8.84. The second-order valence-corrected chi connectivity index (χ2v) is 7.78. The molecule has 0 radical (unpaired) electrons. The number of nitrogens with one attached hydrogen (secondary N) is 1. The van der Waals surface area contributed by atoms with Gasteiger partial charge in [0, 0.05) is 17.3 Å². The fourth-order valence-electron chi connectivity index (χ4n) is 3.01. The lowest BCUT2D eigenvalue weighted by atomic mass is 10.0. The monoisotopic (exact) mass is 353 g/mol. The smallest absolute Gasteiger partial charge is 0.226 e. The molecule has 2 heterocycles. The number of imidazole rings is 1. The molecule has 3 aromatic rings. The first kappa shape index (κ1) is 18.1. The highest BCUT2D eigenvalue weighted by atomic mass is 19.1. The number of rotatable bonds is 3. The van der Waals surface area contributed by atoms with E-state index in [4.69, 9.17) is 4.98 Å². The lowest BCUT2D eigenvalue weighted by molar-refractivity contribution is -0.121. The Morgan fingerprint density at radius 1 is 1.19 bits per heavy atom. The van der Waals surface area contributed by atoms with Crippen LogP contribution in [0.5, 0.6) is 0 Å². The summed E-state index contributed by atoms with van der Waals surface area (Å²) in [5, 5.41) is 3.00. The van der Waals surface area contributed by atoms with Crippen molar-refractivity contribution < 1.29 is 9.18 Å². The minimum absolute atomic E-state index is 0.0686. The van der Waals surface area contributed by atoms with Crippen LogP contribution in [0.15, 0.2) is 36.5 Å². The van der Waals surface area contributed by atoms with Crippen LogP contribution in [0.25, 0.3) is 16.9 Å². The number of benzene rings is 1. The third-order valence-corrected chi connectivity index (χ3v) is 4.14. The minimum atomic E-state index is -0.305. The van der Waals surface area contributed by atoms with Gasteiger partial charge in [-0.05, 0) is 70.0 Å². The van der Waals surface area contributed by atoms with Gasteiger partial charge in [0.15, 0.2) is 0 Å². The molecule has 1 aromatic carbocycles. The highest BCUT2D eigenvalue weighted by molar-refractivity contribution is 5.82. The number of pyridine rings is 1. The summed E-state index contributed by atoms with van der Waals surface area (Å²) in [7, 11) is 0. The van der Waals surface area contributed by atoms with Crippen molar-refractivity contribution in [2.75, 3.05) is 0 Å². The number of halogens is 1. The summed E-state index contributed by atoms with van der Waals surface area (Å²) >= 11 is 0. The van der Waals surface area contributed by atoms with E-state index in [0.29, 0.717) is 11.3 Å². The van der Waals surface area contributed by atoms with Gasteiger partial charge in [0.2, 0.25) is 5.91 Å². The van der Waals surface area contributed by atoms with Gasteiger partial charge < -0.3 is 9.72 Å². The molecule has 0 bridgehead atoms. The van der Waals surface area contributed by atoms with Crippen molar-refractivity contribution >= 4 is 11.6 Å². The maximum absolute atomic E-state index is 13.7. The Hall–Kier alpha value is -2.69. The number of nitrogens with zero attached hydrogens (tertiary/aromatic N) is 2. The van der Waals surface area contributed by atoms with Gasteiger partial charge in [-0.1, -0.05) is 6.07 Å². The van der Waals surface area contributed by atoms with Gasteiger partial charge in [0.05, 0.1) is 17.8 Å². The van der Waals surface area contributed by atoms with Crippen LogP contribution in [-0.4, -0.2) is 20.8 Å². The number of aromatic nitrogens is 2. The fraction of sp³-hybridized carbons (Fsp3) is 0.333. The second-order valence-electron chi connectivity index (χ2n) is 7.78. The molecule has 2 aromatic heterocycles. The minimum Gasteiger partial charge on any atom is -0.351 e. The predicted molar refractivity (Wildman–Crippen MR) is 102 cm³/mol. The molecule has 0 saturated heterocycles. The van der Waals surface area contributed by atoms with Gasteiger partial charge in [0.1, 0.15) is 11.5 Å². The summed E-state index contributed by atoms with van der Waals surface area (Å²) < 4.78 is 15.6. The molecule has 0 aliphatic rings. The Balaban J connectivity index is 2.12. The molecular formula is C21H24FN3O. The molecular weight excluding hydrogens is 329 g/mol. The lowest BCUT2D eigenvalue weighted by Gasteiger charge is -2.20. The van der Waals surface area contributed by atoms with Crippen LogP contribution in [0.3, 0.4) is 0 Å². The maximum Gasteiger partial charge on any atom is 0.226 e. The molecule has 0 aliphatic carbocycles. The topological polar surface area (TPSA) is 46.4 Å². The predicted octanol–water partition coefficient (Wildman–Crippen LogP) is 4.21. The zero-order chi connectivity index (χ0) is 19.1. The number of carbonyl (C=O) groups excluding carboxylic acids is 1. The first-order valence-corrected chi connectivity index (χ1v) is 8.69. The van der Waals surface area contributed by atoms with E-state index in [9.17, 15) is 9.18 Å². The molecule has 4 nitrogen and oxygen atoms in total. The van der Waals surface area contributed by atoms with Gasteiger partial charge >= 0.3 is 0 Å². The normalized spacial score (nSPS) is 11.8. The number of aryl methyl sites for hydroxylation is 2. The Kier molecular flexibility index (Phi) is 4.57. The molecule has 0 saturated carbocycles. The molecule has 1 N–H and O–H groups in total. The van der Waals surface area contributed by atoms with E-state index in [1.165, 1.54) is 6.07 Å². The van der Waals surface area contributed by atoms with Crippen molar-refractivity contribution in [2.24, 2.45) is 0 Å². The molecule has 0 spiro atoms. The quantitative estimate of drug-likeness (QED) is 0.766. The van der Waals surface area contributed by atoms with Crippen LogP contribution in [0.4, 0.5) is 4.39 Å². The maximum atomic E-state index is 13.7. The number of fused-ring (bicyclic) bond motifs is 1. The average molecular weight is 353 g/mol. The van der Waals surface area contributed by atoms with Crippen LogP contribution in [0.1, 0.15) is 37.6 Å². The molecule has 0 aliphatic heterocycles. The van der Waals surface area contributed by atoms with E-state index >= 15 is 0 Å². The van der Waals surface area contributed by atoms with Gasteiger partial charge in [-0.15, -0.1) is 0 Å². The average Bonchev–Trinajstić information content (AvgIpc) is 2.86. The van der Waals surface area contributed by atoms with Crippen LogP contribution < -0.4 is 5.32 Å². The van der Waals surface area contributed by atoms with Gasteiger partial charge in [-0.2, -0.15) is 0 Å². The van der Waals surface area contributed by atoms with Crippen LogP contribution >= 0.6 is 0 Å².